The van der Waals surface area contributed by atoms with Crippen LogP contribution < -0.4 is 4.72 Å². The Kier molecular flexibility index (Phi) is 4.77. The predicted molar refractivity (Wildman–Crippen MR) is 86.1 cm³/mol. The molecule has 2 aromatic rings. The minimum atomic E-state index is -3.31. The molecule has 0 aliphatic carbocycles. The van der Waals surface area contributed by atoms with Gasteiger partial charge in [0, 0.05) is 30.1 Å². The van der Waals surface area contributed by atoms with Crippen molar-refractivity contribution in [2.45, 2.75) is 6.92 Å². The first-order chi connectivity index (χ1) is 10.4. The van der Waals surface area contributed by atoms with E-state index in [1.54, 1.807) is 61.4 Å². The second kappa shape index (κ2) is 6.57. The van der Waals surface area contributed by atoms with Gasteiger partial charge in [-0.3, -0.25) is 14.2 Å². The van der Waals surface area contributed by atoms with Crippen LogP contribution in [0.3, 0.4) is 0 Å². The molecule has 1 aromatic carbocycles. The monoisotopic (exact) mass is 319 g/mol. The molecule has 7 heteroatoms. The highest BCUT2D eigenvalue weighted by molar-refractivity contribution is 7.92. The van der Waals surface area contributed by atoms with Crippen molar-refractivity contribution in [1.82, 2.24) is 9.78 Å². The minimum absolute atomic E-state index is 0.00152. The van der Waals surface area contributed by atoms with Gasteiger partial charge in [-0.2, -0.15) is 5.10 Å². The highest BCUT2D eigenvalue weighted by Crippen LogP contribution is 2.13. The Bertz CT molecular complexity index is 790. The molecule has 2 rings (SSSR count). The third kappa shape index (κ3) is 4.29. The number of nitrogens with zero attached hydrogens (tertiary/aromatic N) is 2. The van der Waals surface area contributed by atoms with Crippen molar-refractivity contribution in [1.29, 1.82) is 0 Å². The molecule has 1 aromatic heterocycles. The molecule has 0 aliphatic rings. The van der Waals surface area contributed by atoms with Crippen LogP contribution in [0.5, 0.6) is 0 Å². The molecule has 0 atom stereocenters. The zero-order chi connectivity index (χ0) is 16.2. The fraction of sp³-hybridized carbons (Fsp3) is 0.200. The normalized spacial score (nSPS) is 11.7. The maximum atomic E-state index is 12.0. The van der Waals surface area contributed by atoms with Crippen molar-refractivity contribution >= 4 is 27.6 Å². The summed E-state index contributed by atoms with van der Waals surface area (Å²) in [5.41, 5.74) is 1.76. The summed E-state index contributed by atoms with van der Waals surface area (Å²) in [6.07, 6.45) is 6.60. The van der Waals surface area contributed by atoms with E-state index in [9.17, 15) is 13.2 Å². The molecule has 0 unspecified atom stereocenters. The molecule has 0 bridgehead atoms. The molecule has 6 nitrogen and oxygen atoms in total. The molecule has 1 heterocycles. The van der Waals surface area contributed by atoms with E-state index in [4.69, 9.17) is 0 Å². The smallest absolute Gasteiger partial charge is 0.232 e. The second-order valence-corrected chi connectivity index (χ2v) is 6.74. The van der Waals surface area contributed by atoms with Crippen LogP contribution in [-0.2, 0) is 17.1 Å². The third-order valence-electron chi connectivity index (χ3n) is 2.97. The first-order valence-corrected chi connectivity index (χ1v) is 8.36. The highest BCUT2D eigenvalue weighted by Gasteiger charge is 2.07. The van der Waals surface area contributed by atoms with Crippen LogP contribution in [0.2, 0.25) is 0 Å². The number of hydrogen-bond donors (Lipinski definition) is 1. The van der Waals surface area contributed by atoms with Crippen molar-refractivity contribution in [3.05, 3.63) is 53.9 Å². The van der Waals surface area contributed by atoms with Crippen LogP contribution in [-0.4, -0.2) is 29.7 Å². The first-order valence-electron chi connectivity index (χ1n) is 6.71. The standard InChI is InChI=1S/C15H17N3O3S/c1-3-22(20,21)17-14-7-5-13(6-8-14)15(19)9-4-12-10-16-18(2)11-12/h4-11,17H,3H2,1-2H3. The van der Waals surface area contributed by atoms with Gasteiger partial charge in [0.15, 0.2) is 5.78 Å². The number of aromatic nitrogens is 2. The Morgan fingerprint density at radius 1 is 1.32 bits per heavy atom. The van der Waals surface area contributed by atoms with Crippen LogP contribution in [0.15, 0.2) is 42.7 Å². The lowest BCUT2D eigenvalue weighted by molar-refractivity contribution is 0.104. The van der Waals surface area contributed by atoms with Crippen molar-refractivity contribution < 1.29 is 13.2 Å². The van der Waals surface area contributed by atoms with Crippen LogP contribution >= 0.6 is 0 Å². The SMILES string of the molecule is CCS(=O)(=O)Nc1ccc(C(=O)C=Cc2cnn(C)c2)cc1. The molecule has 0 radical (unpaired) electrons. The topological polar surface area (TPSA) is 81.1 Å². The van der Waals surface area contributed by atoms with Gasteiger partial charge in [-0.1, -0.05) is 0 Å². The number of carbonyl (C=O) groups is 1. The van der Waals surface area contributed by atoms with Gasteiger partial charge in [0.2, 0.25) is 10.0 Å². The van der Waals surface area contributed by atoms with E-state index < -0.39 is 10.0 Å². The maximum Gasteiger partial charge on any atom is 0.232 e. The number of benzene rings is 1. The number of sulfonamides is 1. The van der Waals surface area contributed by atoms with Gasteiger partial charge in [-0.25, -0.2) is 8.42 Å². The molecule has 0 saturated heterocycles. The summed E-state index contributed by atoms with van der Waals surface area (Å²) in [4.78, 5) is 12.0. The van der Waals surface area contributed by atoms with Crippen molar-refractivity contribution in [3.63, 3.8) is 0 Å². The Balaban J connectivity index is 2.06. The molecule has 116 valence electrons. The lowest BCUT2D eigenvalue weighted by atomic mass is 10.1. The quantitative estimate of drug-likeness (QED) is 0.653. The fourth-order valence-electron chi connectivity index (χ4n) is 1.75. The van der Waals surface area contributed by atoms with Gasteiger partial charge in [0.1, 0.15) is 0 Å². The Labute approximate surface area is 129 Å². The molecule has 22 heavy (non-hydrogen) atoms. The van der Waals surface area contributed by atoms with E-state index in [0.29, 0.717) is 11.3 Å². The van der Waals surface area contributed by atoms with Gasteiger partial charge in [-0.15, -0.1) is 0 Å². The van der Waals surface area contributed by atoms with Gasteiger partial charge < -0.3 is 0 Å². The largest absolute Gasteiger partial charge is 0.289 e. The van der Waals surface area contributed by atoms with Crippen molar-refractivity contribution in [2.75, 3.05) is 10.5 Å². The summed E-state index contributed by atoms with van der Waals surface area (Å²) in [6, 6.07) is 6.31. The number of rotatable bonds is 6. The molecule has 0 saturated carbocycles. The Morgan fingerprint density at radius 3 is 2.55 bits per heavy atom. The molecule has 0 amide bonds. The summed E-state index contributed by atoms with van der Waals surface area (Å²) in [6.45, 7) is 1.56. The molecular formula is C15H17N3O3S. The summed E-state index contributed by atoms with van der Waals surface area (Å²) in [7, 11) is -1.51. The van der Waals surface area contributed by atoms with Gasteiger partial charge >= 0.3 is 0 Å². The Hall–Kier alpha value is -2.41. The van der Waals surface area contributed by atoms with E-state index in [2.05, 4.69) is 9.82 Å². The summed E-state index contributed by atoms with van der Waals surface area (Å²) >= 11 is 0. The number of hydrogen-bond acceptors (Lipinski definition) is 4. The van der Waals surface area contributed by atoms with Crippen LogP contribution in [0.4, 0.5) is 5.69 Å². The molecule has 1 N–H and O–H groups in total. The van der Waals surface area contributed by atoms with Crippen LogP contribution in [0.25, 0.3) is 6.08 Å². The predicted octanol–water partition coefficient (Wildman–Crippen LogP) is 2.08. The lowest BCUT2D eigenvalue weighted by Crippen LogP contribution is -2.14. The summed E-state index contributed by atoms with van der Waals surface area (Å²) in [5.74, 6) is -0.157. The number of anilines is 1. The second-order valence-electron chi connectivity index (χ2n) is 4.73. The molecule has 0 aliphatic heterocycles. The lowest BCUT2D eigenvalue weighted by Gasteiger charge is -2.05. The molecule has 0 fully saturated rings. The molecule has 0 spiro atoms. The van der Waals surface area contributed by atoms with Crippen LogP contribution in [0, 0.1) is 0 Å². The highest BCUT2D eigenvalue weighted by atomic mass is 32.2. The summed E-state index contributed by atoms with van der Waals surface area (Å²) < 4.78 is 27.0. The third-order valence-corrected chi connectivity index (χ3v) is 4.28. The Morgan fingerprint density at radius 2 is 2.00 bits per heavy atom. The van der Waals surface area contributed by atoms with Crippen molar-refractivity contribution in [3.8, 4) is 0 Å². The fourth-order valence-corrected chi connectivity index (χ4v) is 2.39. The maximum absolute atomic E-state index is 12.0. The number of allylic oxidation sites excluding steroid dienone is 1. The van der Waals surface area contributed by atoms with E-state index >= 15 is 0 Å². The average Bonchev–Trinajstić information content (AvgIpc) is 2.91. The summed E-state index contributed by atoms with van der Waals surface area (Å²) in [5, 5.41) is 4.01. The van der Waals surface area contributed by atoms with Gasteiger partial charge in [0.05, 0.1) is 11.9 Å². The van der Waals surface area contributed by atoms with E-state index in [-0.39, 0.29) is 11.5 Å². The number of nitrogens with one attached hydrogen (secondary N) is 1. The van der Waals surface area contributed by atoms with Crippen molar-refractivity contribution in [2.24, 2.45) is 7.05 Å². The van der Waals surface area contributed by atoms with Gasteiger partial charge in [0.25, 0.3) is 0 Å². The molecular weight excluding hydrogens is 302 g/mol. The minimum Gasteiger partial charge on any atom is -0.289 e. The first kappa shape index (κ1) is 16.0. The zero-order valence-corrected chi connectivity index (χ0v) is 13.2. The van der Waals surface area contributed by atoms with E-state index in [1.165, 1.54) is 6.08 Å². The van der Waals surface area contributed by atoms with Crippen LogP contribution in [0.1, 0.15) is 22.8 Å². The number of aryl methyl sites for hydroxylation is 1. The average molecular weight is 319 g/mol. The van der Waals surface area contributed by atoms with E-state index in [0.717, 1.165) is 5.56 Å². The van der Waals surface area contributed by atoms with Gasteiger partial charge in [-0.05, 0) is 43.3 Å². The van der Waals surface area contributed by atoms with E-state index in [1.807, 2.05) is 0 Å². The number of ketones is 1. The number of carbonyl (C=O) groups excluding carboxylic acids is 1. The zero-order valence-electron chi connectivity index (χ0n) is 12.4.